The van der Waals surface area contributed by atoms with Gasteiger partial charge in [0.05, 0.1) is 14.2 Å². The summed E-state index contributed by atoms with van der Waals surface area (Å²) in [5, 5.41) is 9.24. The second kappa shape index (κ2) is 15.3. The average molecular weight is 463 g/mol. The first kappa shape index (κ1) is 31.7. The van der Waals surface area contributed by atoms with Gasteiger partial charge in [-0.3, -0.25) is 14.4 Å². The predicted octanol–water partition coefficient (Wildman–Crippen LogP) is 2.27. The Kier molecular flexibility index (Phi) is 15.2. The first-order valence-corrected chi connectivity index (χ1v) is 10.3. The minimum atomic E-state index is -1.16. The summed E-state index contributed by atoms with van der Waals surface area (Å²) >= 11 is 0. The lowest BCUT2D eigenvalue weighted by Gasteiger charge is -2.19. The van der Waals surface area contributed by atoms with Gasteiger partial charge < -0.3 is 24.1 Å². The van der Waals surface area contributed by atoms with Crippen molar-refractivity contribution in [3.8, 4) is 0 Å². The fourth-order valence-electron chi connectivity index (χ4n) is 2.09. The summed E-state index contributed by atoms with van der Waals surface area (Å²) in [4.78, 5) is 55.1. The molecule has 0 radical (unpaired) electrons. The van der Waals surface area contributed by atoms with Crippen LogP contribution in [0.15, 0.2) is 0 Å². The number of Topliss-reactive ketones (excluding diaryl/α,β-unsaturated/α-hetero) is 1. The lowest BCUT2D eigenvalue weighted by molar-refractivity contribution is -0.156. The van der Waals surface area contributed by atoms with Crippen LogP contribution >= 0.6 is 0 Å². The third kappa shape index (κ3) is 19.5. The molecule has 0 aromatic heterocycles. The highest BCUT2D eigenvalue weighted by Crippen LogP contribution is 2.11. The number of methoxy groups -OCH3 is 2. The van der Waals surface area contributed by atoms with Crippen LogP contribution < -0.4 is 0 Å². The first-order chi connectivity index (χ1) is 14.5. The molecule has 32 heavy (non-hydrogen) atoms. The molecule has 0 saturated carbocycles. The Balaban J connectivity index is 0. The van der Waals surface area contributed by atoms with E-state index >= 15 is 0 Å². The van der Waals surface area contributed by atoms with E-state index in [4.69, 9.17) is 9.47 Å². The van der Waals surface area contributed by atoms with Gasteiger partial charge in [0.15, 0.2) is 6.10 Å². The Labute approximate surface area is 189 Å². The van der Waals surface area contributed by atoms with Crippen LogP contribution in [-0.4, -0.2) is 66.3 Å². The second-order valence-corrected chi connectivity index (χ2v) is 8.87. The molecule has 0 aliphatic heterocycles. The fraction of sp³-hybridized carbons (Fsp3) is 0.773. The van der Waals surface area contributed by atoms with Crippen molar-refractivity contribution in [3.63, 3.8) is 0 Å². The van der Waals surface area contributed by atoms with Crippen LogP contribution in [0.25, 0.3) is 0 Å². The number of ether oxygens (including phenoxy) is 4. The standard InChI is InChI=1S/C11H20O5.C11H18O5/c2*1-11(2,3)16-9(13)7-5-6-8(12)10(14)15-4/h8,12H,5-7H2,1-4H3;5-7H2,1-4H3. The largest absolute Gasteiger partial charge is 0.467 e. The first-order valence-electron chi connectivity index (χ1n) is 10.3. The van der Waals surface area contributed by atoms with Gasteiger partial charge in [-0.25, -0.2) is 9.59 Å². The van der Waals surface area contributed by atoms with Crippen molar-refractivity contribution in [1.82, 2.24) is 0 Å². The minimum absolute atomic E-state index is 0.00587. The highest BCUT2D eigenvalue weighted by Gasteiger charge is 2.19. The molecule has 1 unspecified atom stereocenters. The Morgan fingerprint density at radius 2 is 1.16 bits per heavy atom. The maximum Gasteiger partial charge on any atom is 0.374 e. The van der Waals surface area contributed by atoms with Crippen LogP contribution in [0.5, 0.6) is 0 Å². The third-order valence-electron chi connectivity index (χ3n) is 3.37. The number of aliphatic hydroxyl groups is 1. The molecule has 1 N–H and O–H groups in total. The van der Waals surface area contributed by atoms with Gasteiger partial charge in [0.25, 0.3) is 0 Å². The number of rotatable bonds is 10. The molecule has 10 heteroatoms. The summed E-state index contributed by atoms with van der Waals surface area (Å²) in [6, 6.07) is 0. The summed E-state index contributed by atoms with van der Waals surface area (Å²) in [6.45, 7) is 10.7. The van der Waals surface area contributed by atoms with Gasteiger partial charge in [0, 0.05) is 19.3 Å². The van der Waals surface area contributed by atoms with Gasteiger partial charge >= 0.3 is 23.9 Å². The summed E-state index contributed by atoms with van der Waals surface area (Å²) < 4.78 is 18.7. The smallest absolute Gasteiger partial charge is 0.374 e. The molecule has 0 saturated heterocycles. The van der Waals surface area contributed by atoms with E-state index < -0.39 is 35.0 Å². The van der Waals surface area contributed by atoms with Gasteiger partial charge in [-0.1, -0.05) is 0 Å². The highest BCUT2D eigenvalue weighted by molar-refractivity contribution is 6.33. The third-order valence-corrected chi connectivity index (χ3v) is 3.37. The topological polar surface area (TPSA) is 142 Å². The molecule has 0 aliphatic rings. The molecule has 186 valence electrons. The van der Waals surface area contributed by atoms with E-state index in [1.807, 2.05) is 0 Å². The maximum absolute atomic E-state index is 11.3. The molecule has 0 aromatic rings. The van der Waals surface area contributed by atoms with Crippen LogP contribution in [-0.2, 0) is 42.9 Å². The van der Waals surface area contributed by atoms with Crippen LogP contribution in [0.1, 0.15) is 80.1 Å². The molecule has 0 bridgehead atoms. The predicted molar refractivity (Wildman–Crippen MR) is 114 cm³/mol. The van der Waals surface area contributed by atoms with Gasteiger partial charge in [-0.2, -0.15) is 0 Å². The van der Waals surface area contributed by atoms with Crippen LogP contribution in [0.4, 0.5) is 0 Å². The average Bonchev–Trinajstić information content (AvgIpc) is 2.63. The highest BCUT2D eigenvalue weighted by atomic mass is 16.6. The number of esters is 4. The molecule has 10 nitrogen and oxygen atoms in total. The monoisotopic (exact) mass is 462 g/mol. The van der Waals surface area contributed by atoms with Gasteiger partial charge in [0.2, 0.25) is 5.78 Å². The van der Waals surface area contributed by atoms with E-state index in [2.05, 4.69) is 9.47 Å². The van der Waals surface area contributed by atoms with Crippen molar-refractivity contribution < 1.29 is 48.0 Å². The lowest BCUT2D eigenvalue weighted by atomic mass is 10.1. The number of hydrogen-bond acceptors (Lipinski definition) is 10. The van der Waals surface area contributed by atoms with Crippen molar-refractivity contribution in [1.29, 1.82) is 0 Å². The number of ketones is 1. The molecule has 0 amide bonds. The van der Waals surface area contributed by atoms with Crippen molar-refractivity contribution in [2.45, 2.75) is 97.4 Å². The molecular formula is C22H38O10. The molecule has 0 aliphatic carbocycles. The van der Waals surface area contributed by atoms with Crippen molar-refractivity contribution in [2.75, 3.05) is 14.2 Å². The maximum atomic E-state index is 11.3. The minimum Gasteiger partial charge on any atom is -0.467 e. The number of carbonyl (C=O) groups excluding carboxylic acids is 5. The molecule has 0 fully saturated rings. The number of hydrogen-bond donors (Lipinski definition) is 1. The Morgan fingerprint density at radius 3 is 1.53 bits per heavy atom. The van der Waals surface area contributed by atoms with E-state index in [1.165, 1.54) is 7.11 Å². The van der Waals surface area contributed by atoms with Gasteiger partial charge in [-0.05, 0) is 60.8 Å². The van der Waals surface area contributed by atoms with Crippen LogP contribution in [0.3, 0.4) is 0 Å². The van der Waals surface area contributed by atoms with Crippen LogP contribution in [0.2, 0.25) is 0 Å². The SMILES string of the molecule is COC(=O)C(=O)CCCC(=O)OC(C)(C)C.COC(=O)C(O)CCCC(=O)OC(C)(C)C. The summed E-state index contributed by atoms with van der Waals surface area (Å²) in [5.41, 5.74) is -1.03. The molecule has 1 atom stereocenters. The van der Waals surface area contributed by atoms with E-state index in [1.54, 1.807) is 41.5 Å². The Bertz CT molecular complexity index is 626. The molecule has 0 spiro atoms. The molecule has 0 rings (SSSR count). The normalized spacial score (nSPS) is 11.9. The lowest BCUT2D eigenvalue weighted by Crippen LogP contribution is -2.25. The molecule has 0 heterocycles. The quantitative estimate of drug-likeness (QED) is 0.292. The van der Waals surface area contributed by atoms with Crippen molar-refractivity contribution in [2.24, 2.45) is 0 Å². The summed E-state index contributed by atoms with van der Waals surface area (Å²) in [5.74, 6) is -2.87. The van der Waals surface area contributed by atoms with Crippen molar-refractivity contribution >= 4 is 29.7 Å². The van der Waals surface area contributed by atoms with E-state index in [-0.39, 0.29) is 37.6 Å². The van der Waals surface area contributed by atoms with Crippen molar-refractivity contribution in [3.05, 3.63) is 0 Å². The second-order valence-electron chi connectivity index (χ2n) is 8.87. The number of carbonyl (C=O) groups is 5. The van der Waals surface area contributed by atoms with E-state index in [0.717, 1.165) is 7.11 Å². The zero-order chi connectivity index (χ0) is 25.5. The van der Waals surface area contributed by atoms with Crippen LogP contribution in [0, 0.1) is 0 Å². The number of aliphatic hydroxyl groups excluding tert-OH is 1. The van der Waals surface area contributed by atoms with Gasteiger partial charge in [-0.15, -0.1) is 0 Å². The Morgan fingerprint density at radius 1 is 0.719 bits per heavy atom. The van der Waals surface area contributed by atoms with E-state index in [9.17, 15) is 29.1 Å². The van der Waals surface area contributed by atoms with E-state index in [0.29, 0.717) is 12.8 Å². The zero-order valence-electron chi connectivity index (χ0n) is 20.4. The van der Waals surface area contributed by atoms with Gasteiger partial charge in [0.1, 0.15) is 11.2 Å². The Hall–Kier alpha value is -2.49. The summed E-state index contributed by atoms with van der Waals surface area (Å²) in [6.07, 6.45) is 0.0458. The molecule has 0 aromatic carbocycles. The summed E-state index contributed by atoms with van der Waals surface area (Å²) in [7, 11) is 2.35. The molecular weight excluding hydrogens is 424 g/mol. The fourth-order valence-corrected chi connectivity index (χ4v) is 2.09. The zero-order valence-corrected chi connectivity index (χ0v) is 20.4.